The lowest BCUT2D eigenvalue weighted by Crippen LogP contribution is -2.18. The summed E-state index contributed by atoms with van der Waals surface area (Å²) in [5.74, 6) is -0.805. The third-order valence-electron chi connectivity index (χ3n) is 3.17. The molecule has 0 fully saturated rings. The summed E-state index contributed by atoms with van der Waals surface area (Å²) < 4.78 is 13.1. The number of halogens is 1. The number of carboxylic acids is 1. The average molecular weight is 278 g/mol. The molecule has 1 atom stereocenters. The normalized spacial score (nSPS) is 11.8. The van der Waals surface area contributed by atoms with Crippen molar-refractivity contribution in [2.45, 2.75) is 32.7 Å². The van der Waals surface area contributed by atoms with E-state index in [9.17, 15) is 9.18 Å². The summed E-state index contributed by atoms with van der Waals surface area (Å²) in [7, 11) is 0. The molecule has 0 aromatic heterocycles. The Morgan fingerprint density at radius 1 is 1.50 bits per heavy atom. The van der Waals surface area contributed by atoms with Crippen molar-refractivity contribution in [3.63, 3.8) is 0 Å². The molecule has 0 aliphatic heterocycles. The van der Waals surface area contributed by atoms with Gasteiger partial charge in [-0.25, -0.2) is 4.39 Å². The second-order valence-corrected chi connectivity index (χ2v) is 4.92. The van der Waals surface area contributed by atoms with Crippen LogP contribution in [-0.4, -0.2) is 17.6 Å². The molecule has 1 aromatic rings. The van der Waals surface area contributed by atoms with Gasteiger partial charge in [0.05, 0.1) is 11.6 Å². The first kappa shape index (κ1) is 16.1. The van der Waals surface area contributed by atoms with E-state index in [2.05, 4.69) is 5.32 Å². The number of carbonyl (C=O) groups is 1. The number of nitriles is 1. The van der Waals surface area contributed by atoms with Crippen LogP contribution in [0, 0.1) is 23.1 Å². The number of hydrogen-bond acceptors (Lipinski definition) is 3. The molecule has 1 unspecified atom stereocenters. The fraction of sp³-hybridized carbons (Fsp3) is 0.467. The summed E-state index contributed by atoms with van der Waals surface area (Å²) >= 11 is 0. The van der Waals surface area contributed by atoms with E-state index in [4.69, 9.17) is 10.4 Å². The Balaban J connectivity index is 2.33. The zero-order valence-corrected chi connectivity index (χ0v) is 11.5. The van der Waals surface area contributed by atoms with Crippen molar-refractivity contribution >= 4 is 5.97 Å². The van der Waals surface area contributed by atoms with Crippen molar-refractivity contribution in [3.8, 4) is 6.07 Å². The maximum Gasteiger partial charge on any atom is 0.303 e. The number of carboxylic acid groups (broad SMARTS) is 1. The molecular weight excluding hydrogens is 259 g/mol. The molecule has 2 N–H and O–H groups in total. The first-order valence-corrected chi connectivity index (χ1v) is 6.64. The standard InChI is InChI=1S/C15H19FN2O2/c1-11(2-5-15(19)20)6-7-18-10-13-8-14(16)4-3-12(13)9-17/h3-4,8,11,18H,2,5-7,10H2,1H3,(H,19,20). The van der Waals surface area contributed by atoms with Crippen LogP contribution in [0.3, 0.4) is 0 Å². The summed E-state index contributed by atoms with van der Waals surface area (Å²) in [5, 5.41) is 20.7. The Morgan fingerprint density at radius 2 is 2.25 bits per heavy atom. The summed E-state index contributed by atoms with van der Waals surface area (Å²) in [5.41, 5.74) is 1.11. The van der Waals surface area contributed by atoms with Crippen molar-refractivity contribution in [2.24, 2.45) is 5.92 Å². The van der Waals surface area contributed by atoms with Gasteiger partial charge in [-0.2, -0.15) is 5.26 Å². The lowest BCUT2D eigenvalue weighted by Gasteiger charge is -2.11. The molecular formula is C15H19FN2O2. The van der Waals surface area contributed by atoms with E-state index in [1.807, 2.05) is 13.0 Å². The number of rotatable bonds is 8. The SMILES string of the molecule is CC(CCNCc1cc(F)ccc1C#N)CCC(=O)O. The van der Waals surface area contributed by atoms with Gasteiger partial charge in [0.1, 0.15) is 5.82 Å². The van der Waals surface area contributed by atoms with Gasteiger partial charge in [0.2, 0.25) is 0 Å². The molecule has 0 amide bonds. The molecule has 1 rings (SSSR count). The third kappa shape index (κ3) is 5.81. The van der Waals surface area contributed by atoms with Crippen molar-refractivity contribution in [1.82, 2.24) is 5.32 Å². The Kier molecular flexibility index (Phi) is 6.68. The van der Waals surface area contributed by atoms with Crippen LogP contribution in [0.2, 0.25) is 0 Å². The summed E-state index contributed by atoms with van der Waals surface area (Å²) in [6, 6.07) is 6.14. The second kappa shape index (κ2) is 8.28. The van der Waals surface area contributed by atoms with Crippen LogP contribution in [-0.2, 0) is 11.3 Å². The summed E-state index contributed by atoms with van der Waals surface area (Å²) in [6.45, 7) is 3.15. The van der Waals surface area contributed by atoms with Crippen molar-refractivity contribution in [3.05, 3.63) is 35.1 Å². The van der Waals surface area contributed by atoms with E-state index in [0.29, 0.717) is 36.6 Å². The van der Waals surface area contributed by atoms with Gasteiger partial charge in [0.15, 0.2) is 0 Å². The zero-order valence-electron chi connectivity index (χ0n) is 11.5. The van der Waals surface area contributed by atoms with Crippen molar-refractivity contribution in [1.29, 1.82) is 5.26 Å². The van der Waals surface area contributed by atoms with E-state index in [1.54, 1.807) is 0 Å². The predicted molar refractivity (Wildman–Crippen MR) is 73.5 cm³/mol. The molecule has 0 heterocycles. The van der Waals surface area contributed by atoms with Crippen LogP contribution in [0.4, 0.5) is 4.39 Å². The molecule has 20 heavy (non-hydrogen) atoms. The molecule has 0 aliphatic rings. The topological polar surface area (TPSA) is 73.1 Å². The van der Waals surface area contributed by atoms with E-state index in [1.165, 1.54) is 18.2 Å². The number of aliphatic carboxylic acids is 1. The monoisotopic (exact) mass is 278 g/mol. The van der Waals surface area contributed by atoms with Gasteiger partial charge in [0, 0.05) is 13.0 Å². The minimum Gasteiger partial charge on any atom is -0.481 e. The van der Waals surface area contributed by atoms with Crippen LogP contribution in [0.1, 0.15) is 37.3 Å². The summed E-state index contributed by atoms with van der Waals surface area (Å²) in [6.07, 6.45) is 1.69. The fourth-order valence-corrected chi connectivity index (χ4v) is 1.90. The third-order valence-corrected chi connectivity index (χ3v) is 3.17. The van der Waals surface area contributed by atoms with Gasteiger partial charge >= 0.3 is 5.97 Å². The van der Waals surface area contributed by atoms with Gasteiger partial charge < -0.3 is 10.4 Å². The first-order valence-electron chi connectivity index (χ1n) is 6.64. The highest BCUT2D eigenvalue weighted by atomic mass is 19.1. The molecule has 0 saturated carbocycles. The number of hydrogen-bond donors (Lipinski definition) is 2. The maximum atomic E-state index is 13.1. The minimum atomic E-state index is -0.775. The lowest BCUT2D eigenvalue weighted by atomic mass is 10.0. The van der Waals surface area contributed by atoms with Gasteiger partial charge in [-0.15, -0.1) is 0 Å². The Hall–Kier alpha value is -1.93. The Morgan fingerprint density at radius 3 is 2.90 bits per heavy atom. The van der Waals surface area contributed by atoms with Crippen LogP contribution >= 0.6 is 0 Å². The van der Waals surface area contributed by atoms with Crippen LogP contribution in [0.15, 0.2) is 18.2 Å². The van der Waals surface area contributed by atoms with Crippen LogP contribution in [0.25, 0.3) is 0 Å². The molecule has 0 saturated heterocycles. The van der Waals surface area contributed by atoms with Gasteiger partial charge in [-0.05, 0) is 49.1 Å². The number of nitrogens with zero attached hydrogens (tertiary/aromatic N) is 1. The highest BCUT2D eigenvalue weighted by Crippen LogP contribution is 2.11. The molecule has 5 heteroatoms. The molecule has 0 spiro atoms. The predicted octanol–water partition coefficient (Wildman–Crippen LogP) is 2.68. The van der Waals surface area contributed by atoms with E-state index in [0.717, 1.165) is 6.42 Å². The average Bonchev–Trinajstić information content (AvgIpc) is 2.41. The lowest BCUT2D eigenvalue weighted by molar-refractivity contribution is -0.137. The smallest absolute Gasteiger partial charge is 0.303 e. The zero-order chi connectivity index (χ0) is 15.0. The fourth-order valence-electron chi connectivity index (χ4n) is 1.90. The van der Waals surface area contributed by atoms with Crippen LogP contribution < -0.4 is 5.32 Å². The van der Waals surface area contributed by atoms with E-state index >= 15 is 0 Å². The molecule has 0 radical (unpaired) electrons. The van der Waals surface area contributed by atoms with Gasteiger partial charge in [-0.3, -0.25) is 4.79 Å². The number of nitrogens with one attached hydrogen (secondary N) is 1. The number of benzene rings is 1. The molecule has 4 nitrogen and oxygen atoms in total. The molecule has 108 valence electrons. The Labute approximate surface area is 118 Å². The van der Waals surface area contributed by atoms with E-state index in [-0.39, 0.29) is 12.2 Å². The highest BCUT2D eigenvalue weighted by Gasteiger charge is 2.06. The van der Waals surface area contributed by atoms with Gasteiger partial charge in [0.25, 0.3) is 0 Å². The molecule has 0 aliphatic carbocycles. The summed E-state index contributed by atoms with van der Waals surface area (Å²) in [4.78, 5) is 10.4. The van der Waals surface area contributed by atoms with Crippen molar-refractivity contribution in [2.75, 3.05) is 6.54 Å². The van der Waals surface area contributed by atoms with Crippen LogP contribution in [0.5, 0.6) is 0 Å². The quantitative estimate of drug-likeness (QED) is 0.717. The highest BCUT2D eigenvalue weighted by molar-refractivity contribution is 5.66. The maximum absolute atomic E-state index is 13.1. The largest absolute Gasteiger partial charge is 0.481 e. The first-order chi connectivity index (χ1) is 9.52. The van der Waals surface area contributed by atoms with Gasteiger partial charge in [-0.1, -0.05) is 6.92 Å². The Bertz CT molecular complexity index is 497. The molecule has 0 bridgehead atoms. The minimum absolute atomic E-state index is 0.184. The van der Waals surface area contributed by atoms with E-state index < -0.39 is 5.97 Å². The second-order valence-electron chi connectivity index (χ2n) is 4.92. The molecule has 1 aromatic carbocycles. The van der Waals surface area contributed by atoms with Crippen molar-refractivity contribution < 1.29 is 14.3 Å².